The van der Waals surface area contributed by atoms with Gasteiger partial charge in [0.1, 0.15) is 5.75 Å². The summed E-state index contributed by atoms with van der Waals surface area (Å²) in [5.74, 6) is 3.17. The number of hydrogen-bond acceptors (Lipinski definition) is 4. The predicted molar refractivity (Wildman–Crippen MR) is 89.9 cm³/mol. The van der Waals surface area contributed by atoms with Gasteiger partial charge < -0.3 is 9.84 Å². The Labute approximate surface area is 130 Å². The Morgan fingerprint density at radius 3 is 2.75 bits per heavy atom. The Morgan fingerprint density at radius 2 is 2.05 bits per heavy atom. The van der Waals surface area contributed by atoms with Gasteiger partial charge in [-0.3, -0.25) is 0 Å². The van der Waals surface area contributed by atoms with Gasteiger partial charge in [0.25, 0.3) is 0 Å². The highest BCUT2D eigenvalue weighted by Crippen LogP contribution is 2.40. The zero-order valence-electron chi connectivity index (χ0n) is 12.4. The van der Waals surface area contributed by atoms with Crippen molar-refractivity contribution in [1.82, 2.24) is 0 Å². The van der Waals surface area contributed by atoms with Crippen LogP contribution in [0.3, 0.4) is 0 Å². The van der Waals surface area contributed by atoms with E-state index in [0.717, 1.165) is 23.5 Å². The molecule has 2 rings (SSSR count). The van der Waals surface area contributed by atoms with Gasteiger partial charge in [0, 0.05) is 22.0 Å². The summed E-state index contributed by atoms with van der Waals surface area (Å²) in [6.07, 6.45) is 0.862. The molecule has 0 bridgehead atoms. The van der Waals surface area contributed by atoms with Gasteiger partial charge in [0.2, 0.25) is 0 Å². The molecular weight excluding hydrogens is 288 g/mol. The van der Waals surface area contributed by atoms with Crippen LogP contribution in [0.15, 0.2) is 24.3 Å². The molecule has 1 heterocycles. The van der Waals surface area contributed by atoms with Gasteiger partial charge in [-0.25, -0.2) is 0 Å². The topological polar surface area (TPSA) is 29.5 Å². The highest BCUT2D eigenvalue weighted by molar-refractivity contribution is 8.07. The van der Waals surface area contributed by atoms with Gasteiger partial charge in [-0.15, -0.1) is 0 Å². The summed E-state index contributed by atoms with van der Waals surface area (Å²) in [7, 11) is 0. The van der Waals surface area contributed by atoms with Gasteiger partial charge in [-0.05, 0) is 38.0 Å². The molecular formula is C16H24O2S2. The lowest BCUT2D eigenvalue weighted by molar-refractivity contribution is 0.171. The van der Waals surface area contributed by atoms with E-state index in [-0.39, 0.29) is 11.4 Å². The molecule has 1 N–H and O–H groups in total. The molecule has 3 unspecified atom stereocenters. The average molecular weight is 313 g/mol. The van der Waals surface area contributed by atoms with Crippen LogP contribution in [-0.2, 0) is 0 Å². The van der Waals surface area contributed by atoms with Crippen LogP contribution in [0.4, 0.5) is 0 Å². The van der Waals surface area contributed by atoms with Crippen LogP contribution in [-0.4, -0.2) is 33.2 Å². The third-order valence-corrected chi connectivity index (χ3v) is 6.71. The molecule has 1 aromatic rings. The normalized spacial score (nSPS) is 24.6. The number of thioether (sulfide) groups is 2. The van der Waals surface area contributed by atoms with Crippen molar-refractivity contribution >= 4 is 23.5 Å². The molecule has 0 aliphatic carbocycles. The van der Waals surface area contributed by atoms with Crippen molar-refractivity contribution in [2.45, 2.75) is 49.9 Å². The molecule has 1 aromatic carbocycles. The summed E-state index contributed by atoms with van der Waals surface area (Å²) in [6.45, 7) is 6.25. The third-order valence-electron chi connectivity index (χ3n) is 3.38. The molecule has 0 amide bonds. The van der Waals surface area contributed by atoms with Crippen LogP contribution in [0.1, 0.15) is 38.9 Å². The molecule has 4 heteroatoms. The Kier molecular flexibility index (Phi) is 6.12. The zero-order valence-corrected chi connectivity index (χ0v) is 14.0. The van der Waals surface area contributed by atoms with Gasteiger partial charge in [0.15, 0.2) is 0 Å². The second-order valence-electron chi connectivity index (χ2n) is 5.34. The first-order valence-electron chi connectivity index (χ1n) is 7.29. The minimum absolute atomic E-state index is 0.158. The fraction of sp³-hybridized carbons (Fsp3) is 0.625. The molecule has 0 spiro atoms. The highest BCUT2D eigenvalue weighted by Gasteiger charge is 2.31. The smallest absolute Gasteiger partial charge is 0.120 e. The van der Waals surface area contributed by atoms with Crippen molar-refractivity contribution in [3.8, 4) is 5.75 Å². The van der Waals surface area contributed by atoms with Crippen LogP contribution in [0.2, 0.25) is 0 Å². The molecule has 1 aliphatic heterocycles. The van der Waals surface area contributed by atoms with Crippen molar-refractivity contribution in [3.63, 3.8) is 0 Å². The number of benzene rings is 1. The van der Waals surface area contributed by atoms with E-state index in [2.05, 4.69) is 6.92 Å². The molecule has 3 atom stereocenters. The largest absolute Gasteiger partial charge is 0.491 e. The van der Waals surface area contributed by atoms with Crippen LogP contribution in [0.5, 0.6) is 5.75 Å². The van der Waals surface area contributed by atoms with E-state index in [1.165, 1.54) is 5.75 Å². The maximum absolute atomic E-state index is 10.7. The number of hydrogen-bond donors (Lipinski definition) is 1. The van der Waals surface area contributed by atoms with Gasteiger partial charge in [-0.1, -0.05) is 19.1 Å². The summed E-state index contributed by atoms with van der Waals surface area (Å²) >= 11 is 3.90. The summed E-state index contributed by atoms with van der Waals surface area (Å²) in [4.78, 5) is 0. The van der Waals surface area contributed by atoms with E-state index in [1.807, 2.05) is 61.6 Å². The van der Waals surface area contributed by atoms with Crippen molar-refractivity contribution in [3.05, 3.63) is 29.8 Å². The van der Waals surface area contributed by atoms with E-state index >= 15 is 0 Å². The zero-order chi connectivity index (χ0) is 14.5. The minimum atomic E-state index is -0.409. The lowest BCUT2D eigenvalue weighted by Crippen LogP contribution is -2.31. The van der Waals surface area contributed by atoms with E-state index < -0.39 is 6.10 Å². The van der Waals surface area contributed by atoms with Crippen LogP contribution in [0, 0.1) is 0 Å². The molecule has 20 heavy (non-hydrogen) atoms. The maximum atomic E-state index is 10.7. The van der Waals surface area contributed by atoms with E-state index in [9.17, 15) is 5.11 Å². The van der Waals surface area contributed by atoms with E-state index in [4.69, 9.17) is 4.74 Å². The predicted octanol–water partition coefficient (Wildman–Crippen LogP) is 4.13. The van der Waals surface area contributed by atoms with Gasteiger partial charge in [-0.2, -0.15) is 23.5 Å². The lowest BCUT2D eigenvalue weighted by Gasteiger charge is -2.33. The molecule has 0 aromatic heterocycles. The Hall–Kier alpha value is -0.320. The molecule has 1 fully saturated rings. The maximum Gasteiger partial charge on any atom is 0.120 e. The quantitative estimate of drug-likeness (QED) is 0.885. The molecule has 112 valence electrons. The molecule has 1 saturated heterocycles. The Balaban J connectivity index is 2.12. The molecule has 0 radical (unpaired) electrons. The first-order chi connectivity index (χ1) is 9.61. The van der Waals surface area contributed by atoms with Crippen molar-refractivity contribution in [2.24, 2.45) is 0 Å². The summed E-state index contributed by atoms with van der Waals surface area (Å²) < 4.78 is 5.72. The average Bonchev–Trinajstić information content (AvgIpc) is 2.46. The summed E-state index contributed by atoms with van der Waals surface area (Å²) in [5.41, 5.74) is 0.974. The van der Waals surface area contributed by atoms with Crippen LogP contribution >= 0.6 is 23.5 Å². The molecule has 0 saturated carbocycles. The first-order valence-corrected chi connectivity index (χ1v) is 9.39. The van der Waals surface area contributed by atoms with E-state index in [1.54, 1.807) is 0 Å². The highest BCUT2D eigenvalue weighted by atomic mass is 32.2. The standard InChI is InChI=1S/C16H24O2S2/c1-4-14-16(20-9-8-19-14)15(17)12-6-5-7-13(10-12)18-11(2)3/h5-7,10-11,14-17H,4,8-9H2,1-3H3. The summed E-state index contributed by atoms with van der Waals surface area (Å²) in [5, 5.41) is 11.5. The van der Waals surface area contributed by atoms with E-state index in [0.29, 0.717) is 5.25 Å². The monoisotopic (exact) mass is 312 g/mol. The fourth-order valence-corrected chi connectivity index (χ4v) is 5.60. The second-order valence-corrected chi connectivity index (χ2v) is 7.97. The van der Waals surface area contributed by atoms with Crippen LogP contribution < -0.4 is 4.74 Å². The van der Waals surface area contributed by atoms with Crippen molar-refractivity contribution < 1.29 is 9.84 Å². The Morgan fingerprint density at radius 1 is 1.30 bits per heavy atom. The SMILES string of the molecule is CCC1SCCSC1C(O)c1cccc(OC(C)C)c1. The second kappa shape index (κ2) is 7.62. The van der Waals surface area contributed by atoms with Crippen LogP contribution in [0.25, 0.3) is 0 Å². The van der Waals surface area contributed by atoms with Gasteiger partial charge >= 0.3 is 0 Å². The lowest BCUT2D eigenvalue weighted by atomic mass is 10.0. The molecule has 2 nitrogen and oxygen atoms in total. The fourth-order valence-electron chi connectivity index (χ4n) is 2.46. The number of aliphatic hydroxyl groups is 1. The summed E-state index contributed by atoms with van der Waals surface area (Å²) in [6, 6.07) is 7.91. The van der Waals surface area contributed by atoms with Gasteiger partial charge in [0.05, 0.1) is 12.2 Å². The molecule has 1 aliphatic rings. The Bertz CT molecular complexity index is 423. The number of ether oxygens (including phenoxy) is 1. The van der Waals surface area contributed by atoms with Crippen molar-refractivity contribution in [2.75, 3.05) is 11.5 Å². The number of aliphatic hydroxyl groups excluding tert-OH is 1. The third kappa shape index (κ3) is 4.09. The van der Waals surface area contributed by atoms with Crippen molar-refractivity contribution in [1.29, 1.82) is 0 Å². The minimum Gasteiger partial charge on any atom is -0.491 e. The first kappa shape index (κ1) is 16.1. The number of rotatable bonds is 5.